The number of aromatic carboxylic acids is 1. The van der Waals surface area contributed by atoms with Gasteiger partial charge in [-0.2, -0.15) is 0 Å². The Labute approximate surface area is 74.8 Å². The second kappa shape index (κ2) is 4.06. The summed E-state index contributed by atoms with van der Waals surface area (Å²) in [5.74, 6) is -1.08. The van der Waals surface area contributed by atoms with Gasteiger partial charge in [0.2, 0.25) is 5.76 Å². The van der Waals surface area contributed by atoms with Gasteiger partial charge in [0.25, 0.3) is 0 Å². The van der Waals surface area contributed by atoms with Crippen molar-refractivity contribution in [2.24, 2.45) is 5.73 Å². The molecule has 1 rings (SSSR count). The topological polar surface area (TPSA) is 96.7 Å². The molecular formula is C8H11NO4. The third-order valence-corrected chi connectivity index (χ3v) is 1.61. The van der Waals surface area contributed by atoms with Crippen LogP contribution < -0.4 is 5.73 Å². The minimum absolute atomic E-state index is 0.175. The van der Waals surface area contributed by atoms with Crippen molar-refractivity contribution in [3.8, 4) is 0 Å². The molecule has 72 valence electrons. The number of aliphatic hydroxyl groups is 1. The SMILES string of the molecule is NCCC(O)c1ccc(C(=O)O)o1. The first-order valence-electron chi connectivity index (χ1n) is 3.86. The van der Waals surface area contributed by atoms with Crippen LogP contribution in [0.3, 0.4) is 0 Å². The van der Waals surface area contributed by atoms with Gasteiger partial charge in [-0.05, 0) is 25.1 Å². The molecule has 1 aromatic rings. The van der Waals surface area contributed by atoms with Crippen LogP contribution in [0, 0.1) is 0 Å². The number of rotatable bonds is 4. The molecular weight excluding hydrogens is 174 g/mol. The second-order valence-corrected chi connectivity index (χ2v) is 2.60. The van der Waals surface area contributed by atoms with Gasteiger partial charge in [0.1, 0.15) is 11.9 Å². The lowest BCUT2D eigenvalue weighted by molar-refractivity contribution is 0.0650. The molecule has 4 N–H and O–H groups in total. The molecule has 0 spiro atoms. The number of furan rings is 1. The fourth-order valence-electron chi connectivity index (χ4n) is 0.947. The fourth-order valence-corrected chi connectivity index (χ4v) is 0.947. The van der Waals surface area contributed by atoms with Gasteiger partial charge in [-0.1, -0.05) is 0 Å². The second-order valence-electron chi connectivity index (χ2n) is 2.60. The standard InChI is InChI=1S/C8H11NO4/c9-4-3-5(10)6-1-2-7(13-6)8(11)12/h1-2,5,10H,3-4,9H2,(H,11,12). The zero-order valence-electron chi connectivity index (χ0n) is 6.93. The van der Waals surface area contributed by atoms with E-state index in [-0.39, 0.29) is 11.5 Å². The summed E-state index contributed by atoms with van der Waals surface area (Å²) in [5, 5.41) is 17.9. The molecule has 0 aliphatic carbocycles. The van der Waals surface area contributed by atoms with Crippen LogP contribution in [0.2, 0.25) is 0 Å². The smallest absolute Gasteiger partial charge is 0.371 e. The van der Waals surface area contributed by atoms with Gasteiger partial charge in [-0.15, -0.1) is 0 Å². The largest absolute Gasteiger partial charge is 0.475 e. The quantitative estimate of drug-likeness (QED) is 0.629. The summed E-state index contributed by atoms with van der Waals surface area (Å²) in [6.07, 6.45) is -0.467. The van der Waals surface area contributed by atoms with Crippen LogP contribution in [-0.2, 0) is 0 Å². The third kappa shape index (κ3) is 2.30. The van der Waals surface area contributed by atoms with Crippen molar-refractivity contribution in [2.45, 2.75) is 12.5 Å². The van der Waals surface area contributed by atoms with Crippen LogP contribution in [0.1, 0.15) is 28.8 Å². The summed E-state index contributed by atoms with van der Waals surface area (Å²) in [4.78, 5) is 10.4. The first-order valence-corrected chi connectivity index (χ1v) is 3.86. The van der Waals surface area contributed by atoms with E-state index in [0.717, 1.165) is 0 Å². The summed E-state index contributed by atoms with van der Waals surface area (Å²) in [6.45, 7) is 0.324. The van der Waals surface area contributed by atoms with Gasteiger partial charge in [0, 0.05) is 0 Å². The Morgan fingerprint density at radius 2 is 2.31 bits per heavy atom. The minimum Gasteiger partial charge on any atom is -0.475 e. The van der Waals surface area contributed by atoms with Gasteiger partial charge in [0.15, 0.2) is 0 Å². The van der Waals surface area contributed by atoms with Crippen LogP contribution in [0.25, 0.3) is 0 Å². The highest BCUT2D eigenvalue weighted by Gasteiger charge is 2.14. The Morgan fingerprint density at radius 1 is 1.62 bits per heavy atom. The number of carbonyl (C=O) groups is 1. The maximum absolute atomic E-state index is 10.4. The molecule has 0 aromatic carbocycles. The minimum atomic E-state index is -1.15. The summed E-state index contributed by atoms with van der Waals surface area (Å²) < 4.78 is 4.85. The molecule has 5 heteroatoms. The Morgan fingerprint density at radius 3 is 2.77 bits per heavy atom. The lowest BCUT2D eigenvalue weighted by Crippen LogP contribution is -2.05. The first-order chi connectivity index (χ1) is 6.15. The van der Waals surface area contributed by atoms with Gasteiger partial charge >= 0.3 is 5.97 Å². The van der Waals surface area contributed by atoms with Gasteiger partial charge in [-0.3, -0.25) is 0 Å². The van der Waals surface area contributed by atoms with Crippen molar-refractivity contribution in [1.29, 1.82) is 0 Å². The summed E-state index contributed by atoms with van der Waals surface area (Å²) in [7, 11) is 0. The Hall–Kier alpha value is -1.33. The summed E-state index contributed by atoms with van der Waals surface area (Å²) >= 11 is 0. The maximum Gasteiger partial charge on any atom is 0.371 e. The summed E-state index contributed by atoms with van der Waals surface area (Å²) in [6, 6.07) is 2.74. The van der Waals surface area contributed by atoms with Crippen LogP contribution in [0.4, 0.5) is 0 Å². The number of hydrogen-bond acceptors (Lipinski definition) is 4. The van der Waals surface area contributed by atoms with Crippen molar-refractivity contribution in [3.05, 3.63) is 23.7 Å². The fraction of sp³-hybridized carbons (Fsp3) is 0.375. The van der Waals surface area contributed by atoms with Crippen LogP contribution in [0.15, 0.2) is 16.5 Å². The zero-order chi connectivity index (χ0) is 9.84. The van der Waals surface area contributed by atoms with Crippen molar-refractivity contribution in [2.75, 3.05) is 6.54 Å². The van der Waals surface area contributed by atoms with Crippen LogP contribution in [-0.4, -0.2) is 22.7 Å². The van der Waals surface area contributed by atoms with Crippen molar-refractivity contribution < 1.29 is 19.4 Å². The van der Waals surface area contributed by atoms with Crippen LogP contribution in [0.5, 0.6) is 0 Å². The van der Waals surface area contributed by atoms with E-state index in [9.17, 15) is 9.90 Å². The normalized spacial score (nSPS) is 12.8. The summed E-state index contributed by atoms with van der Waals surface area (Å²) in [5.41, 5.74) is 5.22. The molecule has 0 saturated heterocycles. The van der Waals surface area contributed by atoms with E-state index in [0.29, 0.717) is 13.0 Å². The third-order valence-electron chi connectivity index (χ3n) is 1.61. The number of aliphatic hydroxyl groups excluding tert-OH is 1. The molecule has 0 saturated carbocycles. The van der Waals surface area contributed by atoms with E-state index in [1.54, 1.807) is 0 Å². The predicted octanol–water partition coefficient (Wildman–Crippen LogP) is 0.360. The zero-order valence-corrected chi connectivity index (χ0v) is 6.93. The Bertz CT molecular complexity index is 294. The number of carboxylic acid groups (broad SMARTS) is 1. The van der Waals surface area contributed by atoms with Gasteiger partial charge in [-0.25, -0.2) is 4.79 Å². The molecule has 13 heavy (non-hydrogen) atoms. The van der Waals surface area contributed by atoms with E-state index in [1.807, 2.05) is 0 Å². The average Bonchev–Trinajstić information content (AvgIpc) is 2.52. The molecule has 1 atom stereocenters. The Kier molecular flexibility index (Phi) is 3.05. The number of hydrogen-bond donors (Lipinski definition) is 3. The van der Waals surface area contributed by atoms with Gasteiger partial charge < -0.3 is 20.4 Å². The predicted molar refractivity (Wildman–Crippen MR) is 44.3 cm³/mol. The van der Waals surface area contributed by atoms with E-state index >= 15 is 0 Å². The van der Waals surface area contributed by atoms with Crippen LogP contribution >= 0.6 is 0 Å². The molecule has 1 heterocycles. The van der Waals surface area contributed by atoms with E-state index in [1.165, 1.54) is 12.1 Å². The molecule has 0 aliphatic rings. The molecule has 5 nitrogen and oxygen atoms in total. The first kappa shape index (κ1) is 9.76. The molecule has 0 radical (unpaired) electrons. The van der Waals surface area contributed by atoms with Crippen molar-refractivity contribution in [1.82, 2.24) is 0 Å². The maximum atomic E-state index is 10.4. The monoisotopic (exact) mass is 185 g/mol. The molecule has 0 bridgehead atoms. The molecule has 1 unspecified atom stereocenters. The molecule has 0 amide bonds. The lowest BCUT2D eigenvalue weighted by Gasteiger charge is -2.03. The average molecular weight is 185 g/mol. The Balaban J connectivity index is 2.73. The molecule has 0 fully saturated rings. The van der Waals surface area contributed by atoms with Crippen molar-refractivity contribution in [3.63, 3.8) is 0 Å². The van der Waals surface area contributed by atoms with E-state index in [4.69, 9.17) is 15.3 Å². The van der Waals surface area contributed by atoms with E-state index in [2.05, 4.69) is 0 Å². The van der Waals surface area contributed by atoms with E-state index < -0.39 is 12.1 Å². The van der Waals surface area contributed by atoms with Crippen molar-refractivity contribution >= 4 is 5.97 Å². The highest BCUT2D eigenvalue weighted by Crippen LogP contribution is 2.18. The molecule has 1 aromatic heterocycles. The highest BCUT2D eigenvalue weighted by molar-refractivity contribution is 5.84. The number of carboxylic acids is 1. The highest BCUT2D eigenvalue weighted by atomic mass is 16.4. The number of nitrogens with two attached hydrogens (primary N) is 1. The van der Waals surface area contributed by atoms with Gasteiger partial charge in [0.05, 0.1) is 0 Å². The molecule has 0 aliphatic heterocycles. The lowest BCUT2D eigenvalue weighted by atomic mass is 10.2.